The van der Waals surface area contributed by atoms with Crippen LogP contribution in [0.2, 0.25) is 0 Å². The second kappa shape index (κ2) is 5.66. The number of hydrogen-bond acceptors (Lipinski definition) is 3. The summed E-state index contributed by atoms with van der Waals surface area (Å²) in [5.41, 5.74) is 0.563. The summed E-state index contributed by atoms with van der Waals surface area (Å²) in [6.07, 6.45) is 0.470. The van der Waals surface area contributed by atoms with E-state index in [9.17, 15) is 14.0 Å². The number of aldehydes is 1. The quantitative estimate of drug-likeness (QED) is 0.431. The van der Waals surface area contributed by atoms with Crippen molar-refractivity contribution in [2.45, 2.75) is 6.42 Å². The van der Waals surface area contributed by atoms with E-state index in [0.29, 0.717) is 11.8 Å². The minimum absolute atomic E-state index is 0.0660. The molecule has 0 fully saturated rings. The van der Waals surface area contributed by atoms with Gasteiger partial charge < -0.3 is 4.74 Å². The summed E-state index contributed by atoms with van der Waals surface area (Å²) in [4.78, 5) is 21.2. The molecule has 0 spiro atoms. The van der Waals surface area contributed by atoms with Gasteiger partial charge in [-0.15, -0.1) is 0 Å². The van der Waals surface area contributed by atoms with Gasteiger partial charge in [-0.1, -0.05) is 11.8 Å². The summed E-state index contributed by atoms with van der Waals surface area (Å²) in [6, 6.07) is 3.75. The lowest BCUT2D eigenvalue weighted by atomic mass is 10.1. The van der Waals surface area contributed by atoms with Gasteiger partial charge in [-0.05, 0) is 18.2 Å². The standard InChI is InChI=1S/C12H9FO3/c1-16-12(15)4-2-3-9-5-10(8-14)7-11(13)6-9/h5-8H,4H2,1H3. The van der Waals surface area contributed by atoms with Gasteiger partial charge in [0.25, 0.3) is 0 Å². The van der Waals surface area contributed by atoms with Gasteiger partial charge in [-0.25, -0.2) is 4.39 Å². The van der Waals surface area contributed by atoms with Crippen molar-refractivity contribution in [2.24, 2.45) is 0 Å². The predicted octanol–water partition coefficient (Wildman–Crippen LogP) is 1.55. The number of benzene rings is 1. The first-order chi connectivity index (χ1) is 7.65. The zero-order valence-electron chi connectivity index (χ0n) is 8.62. The minimum Gasteiger partial charge on any atom is -0.468 e. The third-order valence-electron chi connectivity index (χ3n) is 1.75. The molecule has 0 unspecified atom stereocenters. The van der Waals surface area contributed by atoms with Gasteiger partial charge in [0.1, 0.15) is 18.5 Å². The number of ether oxygens (including phenoxy) is 1. The van der Waals surface area contributed by atoms with Crippen molar-refractivity contribution in [1.82, 2.24) is 0 Å². The molecule has 0 N–H and O–H groups in total. The molecule has 0 bridgehead atoms. The van der Waals surface area contributed by atoms with E-state index in [-0.39, 0.29) is 12.0 Å². The molecule has 16 heavy (non-hydrogen) atoms. The molecule has 1 aromatic rings. The first-order valence-electron chi connectivity index (χ1n) is 4.47. The van der Waals surface area contributed by atoms with Crippen LogP contribution >= 0.6 is 0 Å². The maximum Gasteiger partial charge on any atom is 0.317 e. The Labute approximate surface area is 92.2 Å². The topological polar surface area (TPSA) is 43.4 Å². The molecule has 82 valence electrons. The van der Waals surface area contributed by atoms with Crippen LogP contribution < -0.4 is 0 Å². The molecule has 0 radical (unpaired) electrons. The lowest BCUT2D eigenvalue weighted by Gasteiger charge is -1.94. The van der Waals surface area contributed by atoms with Gasteiger partial charge >= 0.3 is 5.97 Å². The molecule has 0 aliphatic heterocycles. The highest BCUT2D eigenvalue weighted by molar-refractivity contribution is 5.76. The number of halogens is 1. The molecule has 1 rings (SSSR count). The molecular formula is C12H9FO3. The van der Waals surface area contributed by atoms with Crippen LogP contribution in [-0.2, 0) is 9.53 Å². The van der Waals surface area contributed by atoms with E-state index < -0.39 is 11.8 Å². The van der Waals surface area contributed by atoms with Crippen molar-refractivity contribution in [3.05, 3.63) is 35.1 Å². The number of hydrogen-bond donors (Lipinski definition) is 0. The van der Waals surface area contributed by atoms with Crippen molar-refractivity contribution >= 4 is 12.3 Å². The Bertz CT molecular complexity index is 469. The van der Waals surface area contributed by atoms with Crippen LogP contribution in [0.25, 0.3) is 0 Å². The van der Waals surface area contributed by atoms with Crippen molar-refractivity contribution < 1.29 is 18.7 Å². The van der Waals surface area contributed by atoms with Gasteiger partial charge in [-0.2, -0.15) is 0 Å². The number of carbonyl (C=O) groups is 2. The molecule has 3 nitrogen and oxygen atoms in total. The number of esters is 1. The SMILES string of the molecule is COC(=O)CC#Cc1cc(F)cc(C=O)c1. The van der Waals surface area contributed by atoms with E-state index in [1.165, 1.54) is 19.2 Å². The van der Waals surface area contributed by atoms with Crippen molar-refractivity contribution in [2.75, 3.05) is 7.11 Å². The van der Waals surface area contributed by atoms with E-state index in [2.05, 4.69) is 16.6 Å². The average molecular weight is 220 g/mol. The van der Waals surface area contributed by atoms with Crippen molar-refractivity contribution in [3.8, 4) is 11.8 Å². The number of carbonyl (C=O) groups excluding carboxylic acids is 2. The summed E-state index contributed by atoms with van der Waals surface area (Å²) >= 11 is 0. The van der Waals surface area contributed by atoms with Crippen LogP contribution in [0.1, 0.15) is 22.3 Å². The van der Waals surface area contributed by atoms with Crippen molar-refractivity contribution in [1.29, 1.82) is 0 Å². The Morgan fingerprint density at radius 1 is 1.50 bits per heavy atom. The van der Waals surface area contributed by atoms with Crippen LogP contribution in [0.15, 0.2) is 18.2 Å². The Hall–Kier alpha value is -2.15. The fourth-order valence-corrected chi connectivity index (χ4v) is 1.04. The highest BCUT2D eigenvalue weighted by atomic mass is 19.1. The second-order valence-corrected chi connectivity index (χ2v) is 2.95. The first-order valence-corrected chi connectivity index (χ1v) is 4.47. The zero-order valence-corrected chi connectivity index (χ0v) is 8.62. The minimum atomic E-state index is -0.535. The summed E-state index contributed by atoms with van der Waals surface area (Å²) in [7, 11) is 1.26. The molecule has 0 aliphatic carbocycles. The summed E-state index contributed by atoms with van der Waals surface area (Å²) < 4.78 is 17.3. The molecule has 0 saturated heterocycles. The Balaban J connectivity index is 2.84. The number of rotatable bonds is 2. The Morgan fingerprint density at radius 3 is 2.88 bits per heavy atom. The van der Waals surface area contributed by atoms with Crippen LogP contribution in [0.3, 0.4) is 0 Å². The van der Waals surface area contributed by atoms with E-state index in [1.807, 2.05) is 0 Å². The van der Waals surface area contributed by atoms with Gasteiger partial charge in [0.05, 0.1) is 7.11 Å². The highest BCUT2D eigenvalue weighted by Crippen LogP contribution is 2.06. The van der Waals surface area contributed by atoms with E-state index in [4.69, 9.17) is 0 Å². The molecule has 4 heteroatoms. The van der Waals surface area contributed by atoms with E-state index in [0.717, 1.165) is 6.07 Å². The fraction of sp³-hybridized carbons (Fsp3) is 0.167. The molecule has 0 saturated carbocycles. The van der Waals surface area contributed by atoms with Crippen LogP contribution in [-0.4, -0.2) is 19.4 Å². The summed E-state index contributed by atoms with van der Waals surface area (Å²) in [6.45, 7) is 0. The predicted molar refractivity (Wildman–Crippen MR) is 55.3 cm³/mol. The van der Waals surface area contributed by atoms with E-state index >= 15 is 0 Å². The molecule has 1 aromatic carbocycles. The summed E-state index contributed by atoms with van der Waals surface area (Å²) in [5, 5.41) is 0. The lowest BCUT2D eigenvalue weighted by molar-refractivity contribution is -0.139. The second-order valence-electron chi connectivity index (χ2n) is 2.95. The Morgan fingerprint density at radius 2 is 2.25 bits per heavy atom. The van der Waals surface area contributed by atoms with Crippen LogP contribution in [0.5, 0.6) is 0 Å². The smallest absolute Gasteiger partial charge is 0.317 e. The lowest BCUT2D eigenvalue weighted by Crippen LogP contribution is -1.97. The van der Waals surface area contributed by atoms with E-state index in [1.54, 1.807) is 0 Å². The normalized spacial score (nSPS) is 8.88. The molecule has 0 aromatic heterocycles. The van der Waals surface area contributed by atoms with Crippen molar-refractivity contribution in [3.63, 3.8) is 0 Å². The zero-order chi connectivity index (χ0) is 12.0. The molecule has 0 amide bonds. The Kier molecular flexibility index (Phi) is 4.22. The maximum atomic E-state index is 12.9. The molecule has 0 aliphatic rings. The largest absolute Gasteiger partial charge is 0.468 e. The maximum absolute atomic E-state index is 12.9. The van der Waals surface area contributed by atoms with Crippen LogP contribution in [0, 0.1) is 17.7 Å². The third kappa shape index (κ3) is 3.54. The number of methoxy groups -OCH3 is 1. The molecule has 0 heterocycles. The third-order valence-corrected chi connectivity index (χ3v) is 1.75. The van der Waals surface area contributed by atoms with Gasteiger partial charge in [-0.3, -0.25) is 9.59 Å². The molecule has 0 atom stereocenters. The van der Waals surface area contributed by atoms with Gasteiger partial charge in [0.15, 0.2) is 0 Å². The highest BCUT2D eigenvalue weighted by Gasteiger charge is 1.98. The van der Waals surface area contributed by atoms with Gasteiger partial charge in [0.2, 0.25) is 0 Å². The first kappa shape index (κ1) is 11.9. The monoisotopic (exact) mass is 220 g/mol. The summed E-state index contributed by atoms with van der Waals surface area (Å²) in [5.74, 6) is 4.11. The van der Waals surface area contributed by atoms with Crippen LogP contribution in [0.4, 0.5) is 4.39 Å². The fourth-order valence-electron chi connectivity index (χ4n) is 1.04. The molecular weight excluding hydrogens is 211 g/mol. The van der Waals surface area contributed by atoms with Gasteiger partial charge in [0, 0.05) is 11.1 Å². The average Bonchev–Trinajstić information content (AvgIpc) is 2.28.